The van der Waals surface area contributed by atoms with E-state index in [2.05, 4.69) is 11.3 Å². The van der Waals surface area contributed by atoms with Crippen LogP contribution in [0.3, 0.4) is 0 Å². The second kappa shape index (κ2) is 6.77. The van der Waals surface area contributed by atoms with Crippen LogP contribution in [0, 0.1) is 0 Å². The Balaban J connectivity index is 3.04. The summed E-state index contributed by atoms with van der Waals surface area (Å²) in [5, 5.41) is 0. The number of rotatable bonds is 7. The minimum Gasteiger partial charge on any atom is -0.502 e. The fraction of sp³-hybridized carbons (Fsp3) is 0.750. The summed E-state index contributed by atoms with van der Waals surface area (Å²) in [5.74, 6) is 0. The van der Waals surface area contributed by atoms with Crippen molar-refractivity contribution in [2.24, 2.45) is 0 Å². The topological polar surface area (TPSA) is 18.5 Å². The van der Waals surface area contributed by atoms with E-state index >= 15 is 0 Å². The molecule has 0 N–H and O–H groups in total. The summed E-state index contributed by atoms with van der Waals surface area (Å²) in [5.41, 5.74) is 0. The molecule has 78 valence electrons. The van der Waals surface area contributed by atoms with Gasteiger partial charge in [-0.1, -0.05) is 6.58 Å². The fourth-order valence-electron chi connectivity index (χ4n) is 0.661. The summed E-state index contributed by atoms with van der Waals surface area (Å²) >= 11 is 0. The van der Waals surface area contributed by atoms with E-state index in [9.17, 15) is 13.2 Å². The molecule has 0 aromatic carbocycles. The molecule has 0 rings (SSSR count). The lowest BCUT2D eigenvalue weighted by molar-refractivity contribution is -0.174. The van der Waals surface area contributed by atoms with Crippen LogP contribution in [0.4, 0.5) is 13.2 Å². The monoisotopic (exact) mass is 198 g/mol. The van der Waals surface area contributed by atoms with Crippen LogP contribution in [0.1, 0.15) is 12.8 Å². The lowest BCUT2D eigenvalue weighted by atomic mass is 10.3. The predicted molar refractivity (Wildman–Crippen MR) is 42.3 cm³/mol. The van der Waals surface area contributed by atoms with Gasteiger partial charge in [-0.2, -0.15) is 13.2 Å². The van der Waals surface area contributed by atoms with Gasteiger partial charge in [-0.25, -0.2) is 0 Å². The van der Waals surface area contributed by atoms with Crippen molar-refractivity contribution in [1.29, 1.82) is 0 Å². The average Bonchev–Trinajstić information content (AvgIpc) is 2.01. The van der Waals surface area contributed by atoms with E-state index in [4.69, 9.17) is 4.74 Å². The first-order valence-corrected chi connectivity index (χ1v) is 3.93. The van der Waals surface area contributed by atoms with Gasteiger partial charge in [0.2, 0.25) is 0 Å². The highest BCUT2D eigenvalue weighted by atomic mass is 19.4. The molecule has 0 bridgehead atoms. The van der Waals surface area contributed by atoms with Gasteiger partial charge in [0.1, 0.15) is 6.61 Å². The number of hydrogen-bond acceptors (Lipinski definition) is 2. The molecule has 0 aliphatic carbocycles. The van der Waals surface area contributed by atoms with E-state index in [0.717, 1.165) is 0 Å². The first-order chi connectivity index (χ1) is 6.06. The molecule has 0 aliphatic rings. The average molecular weight is 198 g/mol. The van der Waals surface area contributed by atoms with Crippen LogP contribution in [-0.2, 0) is 9.47 Å². The standard InChI is InChI=1S/C8H13F3O2/c1-2-12-5-3-4-6-13-7-8(9,10)11/h2H,1,3-7H2. The molecule has 0 unspecified atom stereocenters. The summed E-state index contributed by atoms with van der Waals surface area (Å²) in [6.45, 7) is 2.74. The molecular weight excluding hydrogens is 185 g/mol. The second-order valence-corrected chi connectivity index (χ2v) is 2.41. The molecule has 0 aromatic rings. The molecule has 0 saturated heterocycles. The zero-order chi connectivity index (χ0) is 10.2. The normalized spacial score (nSPS) is 11.3. The van der Waals surface area contributed by atoms with Gasteiger partial charge in [-0.05, 0) is 12.8 Å². The highest BCUT2D eigenvalue weighted by molar-refractivity contribution is 4.49. The van der Waals surface area contributed by atoms with E-state index < -0.39 is 12.8 Å². The first kappa shape index (κ1) is 12.3. The number of hydrogen-bond donors (Lipinski definition) is 0. The third kappa shape index (κ3) is 11.3. The van der Waals surface area contributed by atoms with Crippen LogP contribution >= 0.6 is 0 Å². The zero-order valence-electron chi connectivity index (χ0n) is 7.27. The van der Waals surface area contributed by atoms with Crippen LogP contribution in [0.2, 0.25) is 0 Å². The van der Waals surface area contributed by atoms with Crippen molar-refractivity contribution in [2.75, 3.05) is 19.8 Å². The van der Waals surface area contributed by atoms with Crippen molar-refractivity contribution >= 4 is 0 Å². The first-order valence-electron chi connectivity index (χ1n) is 3.93. The third-order valence-electron chi connectivity index (χ3n) is 1.18. The van der Waals surface area contributed by atoms with E-state index in [1.807, 2.05) is 0 Å². The summed E-state index contributed by atoms with van der Waals surface area (Å²) < 4.78 is 43.7. The Kier molecular flexibility index (Phi) is 6.40. The molecule has 2 nitrogen and oxygen atoms in total. The highest BCUT2D eigenvalue weighted by Crippen LogP contribution is 2.14. The van der Waals surface area contributed by atoms with E-state index in [-0.39, 0.29) is 6.61 Å². The van der Waals surface area contributed by atoms with Crippen molar-refractivity contribution < 1.29 is 22.6 Å². The lowest BCUT2D eigenvalue weighted by Gasteiger charge is -2.06. The maximum Gasteiger partial charge on any atom is 0.411 e. The Bertz CT molecular complexity index is 134. The SMILES string of the molecule is C=COCCCCOCC(F)(F)F. The van der Waals surface area contributed by atoms with Crippen LogP contribution in [0.5, 0.6) is 0 Å². The fourth-order valence-corrected chi connectivity index (χ4v) is 0.661. The number of ether oxygens (including phenoxy) is 2. The summed E-state index contributed by atoms with van der Waals surface area (Å²) in [7, 11) is 0. The van der Waals surface area contributed by atoms with Gasteiger partial charge in [0.15, 0.2) is 0 Å². The van der Waals surface area contributed by atoms with Gasteiger partial charge < -0.3 is 9.47 Å². The van der Waals surface area contributed by atoms with E-state index in [1.54, 1.807) is 0 Å². The maximum atomic E-state index is 11.5. The third-order valence-corrected chi connectivity index (χ3v) is 1.18. The second-order valence-electron chi connectivity index (χ2n) is 2.41. The molecule has 0 saturated carbocycles. The van der Waals surface area contributed by atoms with Crippen molar-refractivity contribution in [3.8, 4) is 0 Å². The Morgan fingerprint density at radius 2 is 1.77 bits per heavy atom. The summed E-state index contributed by atoms with van der Waals surface area (Å²) in [6, 6.07) is 0. The van der Waals surface area contributed by atoms with Crippen LogP contribution < -0.4 is 0 Å². The van der Waals surface area contributed by atoms with Gasteiger partial charge in [0.25, 0.3) is 0 Å². The van der Waals surface area contributed by atoms with Gasteiger partial charge in [0, 0.05) is 6.61 Å². The van der Waals surface area contributed by atoms with Crippen molar-refractivity contribution in [3.63, 3.8) is 0 Å². The van der Waals surface area contributed by atoms with Crippen molar-refractivity contribution in [1.82, 2.24) is 0 Å². The summed E-state index contributed by atoms with van der Waals surface area (Å²) in [6.07, 6.45) is -1.69. The largest absolute Gasteiger partial charge is 0.502 e. The van der Waals surface area contributed by atoms with Crippen LogP contribution in [0.15, 0.2) is 12.8 Å². The van der Waals surface area contributed by atoms with E-state index in [0.29, 0.717) is 19.4 Å². The van der Waals surface area contributed by atoms with Gasteiger partial charge in [0.05, 0.1) is 12.9 Å². The molecular formula is C8H13F3O2. The van der Waals surface area contributed by atoms with Gasteiger partial charge in [-0.3, -0.25) is 0 Å². The molecule has 0 atom stereocenters. The Morgan fingerprint density at radius 1 is 1.15 bits per heavy atom. The Hall–Kier alpha value is -0.710. The zero-order valence-corrected chi connectivity index (χ0v) is 7.27. The Labute approximate surface area is 75.3 Å². The number of unbranched alkanes of at least 4 members (excludes halogenated alkanes) is 1. The quantitative estimate of drug-likeness (QED) is 0.462. The van der Waals surface area contributed by atoms with Crippen molar-refractivity contribution in [2.45, 2.75) is 19.0 Å². The van der Waals surface area contributed by atoms with Gasteiger partial charge >= 0.3 is 6.18 Å². The number of alkyl halides is 3. The van der Waals surface area contributed by atoms with Crippen LogP contribution in [-0.4, -0.2) is 26.0 Å². The molecule has 0 fully saturated rings. The minimum atomic E-state index is -4.22. The summed E-state index contributed by atoms with van der Waals surface area (Å²) in [4.78, 5) is 0. The molecule has 0 radical (unpaired) electrons. The van der Waals surface area contributed by atoms with Crippen molar-refractivity contribution in [3.05, 3.63) is 12.8 Å². The molecule has 0 aliphatic heterocycles. The molecule has 0 spiro atoms. The van der Waals surface area contributed by atoms with Crippen LogP contribution in [0.25, 0.3) is 0 Å². The molecule has 5 heteroatoms. The number of halogens is 3. The minimum absolute atomic E-state index is 0.111. The maximum absolute atomic E-state index is 11.5. The van der Waals surface area contributed by atoms with E-state index in [1.165, 1.54) is 6.26 Å². The molecule has 0 aromatic heterocycles. The molecule has 13 heavy (non-hydrogen) atoms. The molecule has 0 heterocycles. The molecule has 0 amide bonds. The van der Waals surface area contributed by atoms with Gasteiger partial charge in [-0.15, -0.1) is 0 Å². The lowest BCUT2D eigenvalue weighted by Crippen LogP contribution is -2.17. The Morgan fingerprint density at radius 3 is 2.31 bits per heavy atom. The smallest absolute Gasteiger partial charge is 0.411 e. The highest BCUT2D eigenvalue weighted by Gasteiger charge is 2.26. The predicted octanol–water partition coefficient (Wildman–Crippen LogP) is 2.51.